The molecule has 0 aromatic heterocycles. The van der Waals surface area contributed by atoms with Crippen molar-refractivity contribution < 1.29 is 0 Å². The molecule has 3 fully saturated rings. The van der Waals surface area contributed by atoms with Gasteiger partial charge in [-0.1, -0.05) is 46.5 Å². The Morgan fingerprint density at radius 1 is 1.10 bits per heavy atom. The van der Waals surface area contributed by atoms with Crippen molar-refractivity contribution in [2.75, 3.05) is 39.3 Å². The van der Waals surface area contributed by atoms with Crippen LogP contribution in [0.2, 0.25) is 0 Å². The van der Waals surface area contributed by atoms with Crippen LogP contribution in [0, 0.1) is 5.92 Å². The topological polar surface area (TPSA) is 18.5 Å². The van der Waals surface area contributed by atoms with Crippen LogP contribution in [0.4, 0.5) is 0 Å². The Morgan fingerprint density at radius 2 is 1.85 bits per heavy atom. The maximum Gasteiger partial charge on any atom is 0.0377 e. The van der Waals surface area contributed by atoms with E-state index in [0.717, 1.165) is 18.5 Å². The lowest BCUT2D eigenvalue weighted by molar-refractivity contribution is -0.00699. The quantitative estimate of drug-likeness (QED) is 0.701. The summed E-state index contributed by atoms with van der Waals surface area (Å²) in [4.78, 5) is 5.42. The first-order valence-corrected chi connectivity index (χ1v) is 8.98. The molecule has 3 unspecified atom stereocenters. The van der Waals surface area contributed by atoms with Gasteiger partial charge in [-0.25, -0.2) is 0 Å². The summed E-state index contributed by atoms with van der Waals surface area (Å²) >= 11 is 0. The molecule has 1 N–H and O–H groups in total. The van der Waals surface area contributed by atoms with Crippen LogP contribution in [-0.2, 0) is 0 Å². The predicted molar refractivity (Wildman–Crippen MR) is 87.2 cm³/mol. The normalized spacial score (nSPS) is 32.2. The molecular weight excluding hydrogens is 246 g/mol. The third kappa shape index (κ3) is 4.19. The van der Waals surface area contributed by atoms with Crippen LogP contribution < -0.4 is 5.32 Å². The second kappa shape index (κ2) is 8.35. The van der Waals surface area contributed by atoms with E-state index in [0.29, 0.717) is 6.04 Å². The summed E-state index contributed by atoms with van der Waals surface area (Å²) in [6.45, 7) is 14.5. The third-order valence-corrected chi connectivity index (χ3v) is 5.38. The molecular formula is C17H35N3. The zero-order valence-corrected chi connectivity index (χ0v) is 13.9. The number of fused-ring (bicyclic) bond motifs is 3. The van der Waals surface area contributed by atoms with E-state index in [-0.39, 0.29) is 0 Å². The molecule has 2 bridgehead atoms. The van der Waals surface area contributed by atoms with Gasteiger partial charge in [0.15, 0.2) is 0 Å². The second-order valence-corrected chi connectivity index (χ2v) is 6.72. The first kappa shape index (κ1) is 16.3. The molecule has 3 rings (SSSR count). The van der Waals surface area contributed by atoms with Gasteiger partial charge in [-0.05, 0) is 18.9 Å². The van der Waals surface area contributed by atoms with Crippen molar-refractivity contribution in [2.24, 2.45) is 5.92 Å². The number of rotatable bonds is 9. The van der Waals surface area contributed by atoms with Gasteiger partial charge >= 0.3 is 0 Å². The van der Waals surface area contributed by atoms with Crippen LogP contribution in [0.5, 0.6) is 0 Å². The SMILES string of the molecule is CCCCC(CC)CC(NCC)C1CN2CCN1CC2. The average molecular weight is 281 g/mol. The highest BCUT2D eigenvalue weighted by Crippen LogP contribution is 2.25. The Hall–Kier alpha value is -0.120. The Bertz CT molecular complexity index is 261. The molecule has 118 valence electrons. The average Bonchev–Trinajstić information content (AvgIpc) is 2.51. The van der Waals surface area contributed by atoms with Gasteiger partial charge < -0.3 is 5.32 Å². The van der Waals surface area contributed by atoms with E-state index in [4.69, 9.17) is 0 Å². The van der Waals surface area contributed by atoms with Crippen molar-refractivity contribution in [3.63, 3.8) is 0 Å². The molecule has 20 heavy (non-hydrogen) atoms. The fourth-order valence-corrected chi connectivity index (χ4v) is 4.02. The van der Waals surface area contributed by atoms with Gasteiger partial charge in [0.2, 0.25) is 0 Å². The number of hydrogen-bond acceptors (Lipinski definition) is 3. The second-order valence-electron chi connectivity index (χ2n) is 6.72. The van der Waals surface area contributed by atoms with Crippen molar-refractivity contribution in [3.8, 4) is 0 Å². The Labute approximate surface area is 126 Å². The van der Waals surface area contributed by atoms with Gasteiger partial charge in [0, 0.05) is 44.8 Å². The van der Waals surface area contributed by atoms with Gasteiger partial charge in [0.1, 0.15) is 0 Å². The van der Waals surface area contributed by atoms with Gasteiger partial charge in [-0.3, -0.25) is 9.80 Å². The van der Waals surface area contributed by atoms with E-state index in [1.165, 1.54) is 64.8 Å². The van der Waals surface area contributed by atoms with Crippen LogP contribution in [0.1, 0.15) is 52.9 Å². The van der Waals surface area contributed by atoms with Crippen molar-refractivity contribution in [1.82, 2.24) is 15.1 Å². The van der Waals surface area contributed by atoms with Crippen molar-refractivity contribution in [3.05, 3.63) is 0 Å². The summed E-state index contributed by atoms with van der Waals surface area (Å²) in [5, 5.41) is 3.81. The molecule has 3 heterocycles. The standard InChI is InChI=1S/C17H35N3/c1-4-7-8-15(5-2)13-16(18-6-3)17-14-19-9-11-20(17)12-10-19/h15-18H,4-14H2,1-3H3. The summed E-state index contributed by atoms with van der Waals surface area (Å²) in [5.74, 6) is 0.913. The minimum absolute atomic E-state index is 0.699. The molecule has 0 spiro atoms. The highest BCUT2D eigenvalue weighted by molar-refractivity contribution is 4.95. The van der Waals surface area contributed by atoms with Crippen molar-refractivity contribution in [2.45, 2.75) is 65.0 Å². The van der Waals surface area contributed by atoms with Crippen LogP contribution in [0.3, 0.4) is 0 Å². The number of unbranched alkanes of at least 4 members (excludes halogenated alkanes) is 1. The Kier molecular flexibility index (Phi) is 6.79. The maximum absolute atomic E-state index is 3.81. The minimum atomic E-state index is 0.699. The number of nitrogens with zero attached hydrogens (tertiary/aromatic N) is 2. The first-order valence-electron chi connectivity index (χ1n) is 8.98. The van der Waals surface area contributed by atoms with Crippen molar-refractivity contribution in [1.29, 1.82) is 0 Å². The summed E-state index contributed by atoms with van der Waals surface area (Å²) < 4.78 is 0. The summed E-state index contributed by atoms with van der Waals surface area (Å²) in [6.07, 6.45) is 6.88. The lowest BCUT2D eigenvalue weighted by atomic mass is 9.87. The molecule has 0 aliphatic carbocycles. The lowest BCUT2D eigenvalue weighted by Crippen LogP contribution is -2.66. The molecule has 0 radical (unpaired) electrons. The predicted octanol–water partition coefficient (Wildman–Crippen LogP) is 2.57. The molecule has 3 heteroatoms. The first-order chi connectivity index (χ1) is 9.78. The Morgan fingerprint density at radius 3 is 2.35 bits per heavy atom. The third-order valence-electron chi connectivity index (χ3n) is 5.38. The lowest BCUT2D eigenvalue weighted by Gasteiger charge is -2.50. The molecule has 0 amide bonds. The Balaban J connectivity index is 1.91. The van der Waals surface area contributed by atoms with E-state index >= 15 is 0 Å². The number of likely N-dealkylation sites (N-methyl/N-ethyl adjacent to an activating group) is 1. The maximum atomic E-state index is 3.81. The zero-order valence-electron chi connectivity index (χ0n) is 13.9. The molecule has 3 aliphatic rings. The van der Waals surface area contributed by atoms with Crippen LogP contribution in [0.25, 0.3) is 0 Å². The van der Waals surface area contributed by atoms with Gasteiger partial charge in [-0.2, -0.15) is 0 Å². The monoisotopic (exact) mass is 281 g/mol. The summed E-state index contributed by atoms with van der Waals surface area (Å²) in [5.41, 5.74) is 0. The van der Waals surface area contributed by atoms with Crippen molar-refractivity contribution >= 4 is 0 Å². The highest BCUT2D eigenvalue weighted by Gasteiger charge is 2.36. The summed E-state index contributed by atoms with van der Waals surface area (Å²) in [6, 6.07) is 1.46. The van der Waals surface area contributed by atoms with Crippen LogP contribution in [0.15, 0.2) is 0 Å². The molecule has 0 aromatic rings. The smallest absolute Gasteiger partial charge is 0.0377 e. The zero-order chi connectivity index (χ0) is 14.4. The van der Waals surface area contributed by atoms with E-state index in [1.807, 2.05) is 0 Å². The van der Waals surface area contributed by atoms with Crippen LogP contribution >= 0.6 is 0 Å². The number of nitrogens with one attached hydrogen (secondary N) is 1. The molecule has 0 aromatic carbocycles. The van der Waals surface area contributed by atoms with Gasteiger partial charge in [-0.15, -0.1) is 0 Å². The fraction of sp³-hybridized carbons (Fsp3) is 1.00. The van der Waals surface area contributed by atoms with E-state index < -0.39 is 0 Å². The van der Waals surface area contributed by atoms with E-state index in [9.17, 15) is 0 Å². The van der Waals surface area contributed by atoms with E-state index in [1.54, 1.807) is 0 Å². The van der Waals surface area contributed by atoms with E-state index in [2.05, 4.69) is 35.9 Å². The summed E-state index contributed by atoms with van der Waals surface area (Å²) in [7, 11) is 0. The van der Waals surface area contributed by atoms with Crippen LogP contribution in [-0.4, -0.2) is 61.2 Å². The molecule has 3 nitrogen and oxygen atoms in total. The number of piperazine rings is 3. The number of hydrogen-bond donors (Lipinski definition) is 1. The van der Waals surface area contributed by atoms with Gasteiger partial charge in [0.05, 0.1) is 0 Å². The largest absolute Gasteiger partial charge is 0.313 e. The van der Waals surface area contributed by atoms with Gasteiger partial charge in [0.25, 0.3) is 0 Å². The molecule has 3 atom stereocenters. The minimum Gasteiger partial charge on any atom is -0.313 e. The molecule has 3 aliphatic heterocycles. The molecule has 3 saturated heterocycles. The fourth-order valence-electron chi connectivity index (χ4n) is 4.02. The molecule has 0 saturated carbocycles. The highest BCUT2D eigenvalue weighted by atomic mass is 15.4.